The van der Waals surface area contributed by atoms with Gasteiger partial charge in [-0.2, -0.15) is 15.0 Å². The maximum Gasteiger partial charge on any atom is 0.241 e. The van der Waals surface area contributed by atoms with Crippen molar-refractivity contribution in [3.8, 4) is 11.7 Å². The number of para-hydroxylation sites is 2. The van der Waals surface area contributed by atoms with Crippen LogP contribution in [0.2, 0.25) is 5.28 Å². The highest BCUT2D eigenvalue weighted by Gasteiger charge is 2.09. The molecule has 8 heteroatoms. The Balaban J connectivity index is 1.96. The third-order valence-corrected chi connectivity index (χ3v) is 2.85. The fourth-order valence-electron chi connectivity index (χ4n) is 1.76. The summed E-state index contributed by atoms with van der Waals surface area (Å²) in [5, 5.41) is 3.15. The summed E-state index contributed by atoms with van der Waals surface area (Å²) in [6, 6.07) is 7.45. The second-order valence-electron chi connectivity index (χ2n) is 4.02. The first kappa shape index (κ1) is 13.3. The fourth-order valence-corrected chi connectivity index (χ4v) is 1.91. The van der Waals surface area contributed by atoms with E-state index < -0.39 is 0 Å². The van der Waals surface area contributed by atoms with Gasteiger partial charge in [0, 0.05) is 12.4 Å². The van der Waals surface area contributed by atoms with Crippen LogP contribution >= 0.6 is 11.6 Å². The van der Waals surface area contributed by atoms with Gasteiger partial charge < -0.3 is 10.1 Å². The molecular formula is C13H11ClN6O. The van der Waals surface area contributed by atoms with E-state index in [1.165, 1.54) is 0 Å². The minimum absolute atomic E-state index is 0.0890. The molecule has 106 valence electrons. The Morgan fingerprint density at radius 3 is 2.81 bits per heavy atom. The Morgan fingerprint density at radius 2 is 2.05 bits per heavy atom. The summed E-state index contributed by atoms with van der Waals surface area (Å²) in [4.78, 5) is 16.4. The van der Waals surface area contributed by atoms with Gasteiger partial charge in [0.15, 0.2) is 0 Å². The van der Waals surface area contributed by atoms with Gasteiger partial charge in [-0.15, -0.1) is 0 Å². The number of halogens is 1. The standard InChI is InChI=1S/C13H11ClN6O/c1-21-10-5-3-2-4-9(10)16-12-17-11(14)18-13(19-12)20-7-6-15-8-20/h2-8H,1H3,(H,16,17,18,19). The van der Waals surface area contributed by atoms with Gasteiger partial charge in [0.05, 0.1) is 12.8 Å². The first-order chi connectivity index (χ1) is 10.3. The highest BCUT2D eigenvalue weighted by molar-refractivity contribution is 6.28. The molecule has 0 saturated heterocycles. The van der Waals surface area contributed by atoms with Gasteiger partial charge in [0.1, 0.15) is 12.1 Å². The average molecular weight is 303 g/mol. The summed E-state index contributed by atoms with van der Waals surface area (Å²) in [5.41, 5.74) is 0.735. The molecule has 0 amide bonds. The number of methoxy groups -OCH3 is 1. The van der Waals surface area contributed by atoms with Crippen molar-refractivity contribution in [1.29, 1.82) is 0 Å². The van der Waals surface area contributed by atoms with Crippen molar-refractivity contribution in [1.82, 2.24) is 24.5 Å². The molecule has 3 rings (SSSR count). The summed E-state index contributed by atoms with van der Waals surface area (Å²) < 4.78 is 6.91. The van der Waals surface area contributed by atoms with Crippen LogP contribution in [0.15, 0.2) is 43.0 Å². The van der Waals surface area contributed by atoms with E-state index >= 15 is 0 Å². The lowest BCUT2D eigenvalue weighted by atomic mass is 10.3. The monoisotopic (exact) mass is 302 g/mol. The van der Waals surface area contributed by atoms with Gasteiger partial charge in [0.25, 0.3) is 0 Å². The van der Waals surface area contributed by atoms with E-state index in [-0.39, 0.29) is 5.28 Å². The lowest BCUT2D eigenvalue weighted by Gasteiger charge is -2.10. The van der Waals surface area contributed by atoms with Crippen LogP contribution in [0.5, 0.6) is 5.75 Å². The number of hydrogen-bond acceptors (Lipinski definition) is 6. The highest BCUT2D eigenvalue weighted by Crippen LogP contribution is 2.25. The Labute approximate surface area is 125 Å². The van der Waals surface area contributed by atoms with Crippen molar-refractivity contribution < 1.29 is 4.74 Å². The van der Waals surface area contributed by atoms with E-state index in [2.05, 4.69) is 25.3 Å². The molecule has 21 heavy (non-hydrogen) atoms. The van der Waals surface area contributed by atoms with Gasteiger partial charge in [0.2, 0.25) is 17.2 Å². The average Bonchev–Trinajstić information content (AvgIpc) is 3.01. The van der Waals surface area contributed by atoms with E-state index in [4.69, 9.17) is 16.3 Å². The smallest absolute Gasteiger partial charge is 0.241 e. The maximum atomic E-state index is 5.94. The van der Waals surface area contributed by atoms with Crippen LogP contribution in [0.3, 0.4) is 0 Å². The molecule has 0 radical (unpaired) electrons. The van der Waals surface area contributed by atoms with Crippen molar-refractivity contribution in [2.45, 2.75) is 0 Å². The number of benzene rings is 1. The molecular weight excluding hydrogens is 292 g/mol. The van der Waals surface area contributed by atoms with Crippen molar-refractivity contribution in [2.75, 3.05) is 12.4 Å². The van der Waals surface area contributed by atoms with Gasteiger partial charge in [-0.3, -0.25) is 4.57 Å². The molecule has 3 aromatic rings. The van der Waals surface area contributed by atoms with Gasteiger partial charge in [-0.25, -0.2) is 4.98 Å². The molecule has 0 atom stereocenters. The highest BCUT2D eigenvalue weighted by atomic mass is 35.5. The third-order valence-electron chi connectivity index (χ3n) is 2.69. The zero-order chi connectivity index (χ0) is 14.7. The summed E-state index contributed by atoms with van der Waals surface area (Å²) in [5.74, 6) is 1.38. The lowest BCUT2D eigenvalue weighted by Crippen LogP contribution is -2.06. The second kappa shape index (κ2) is 5.76. The molecule has 0 bridgehead atoms. The van der Waals surface area contributed by atoms with Crippen LogP contribution in [-0.2, 0) is 0 Å². The molecule has 0 aliphatic rings. The molecule has 7 nitrogen and oxygen atoms in total. The van der Waals surface area contributed by atoms with Crippen LogP contribution in [0.1, 0.15) is 0 Å². The van der Waals surface area contributed by atoms with Crippen molar-refractivity contribution >= 4 is 23.2 Å². The molecule has 2 heterocycles. The van der Waals surface area contributed by atoms with Crippen molar-refractivity contribution in [3.63, 3.8) is 0 Å². The molecule has 1 aromatic carbocycles. The number of imidazole rings is 1. The topological polar surface area (TPSA) is 77.8 Å². The zero-order valence-corrected chi connectivity index (χ0v) is 11.8. The Kier molecular flexibility index (Phi) is 3.65. The molecule has 0 fully saturated rings. The van der Waals surface area contributed by atoms with Crippen LogP contribution < -0.4 is 10.1 Å². The molecule has 0 aliphatic carbocycles. The Hall–Kier alpha value is -2.67. The predicted molar refractivity (Wildman–Crippen MR) is 78.2 cm³/mol. The third kappa shape index (κ3) is 2.92. The Bertz CT molecular complexity index is 746. The van der Waals surface area contributed by atoms with E-state index in [1.807, 2.05) is 24.3 Å². The molecule has 1 N–H and O–H groups in total. The van der Waals surface area contributed by atoms with Crippen molar-refractivity contribution in [2.24, 2.45) is 0 Å². The van der Waals surface area contributed by atoms with Gasteiger partial charge in [-0.1, -0.05) is 12.1 Å². The van der Waals surface area contributed by atoms with Crippen LogP contribution in [0.25, 0.3) is 5.95 Å². The van der Waals surface area contributed by atoms with Crippen LogP contribution in [0.4, 0.5) is 11.6 Å². The molecule has 0 saturated carbocycles. The van der Waals surface area contributed by atoms with E-state index in [0.29, 0.717) is 17.6 Å². The maximum absolute atomic E-state index is 5.94. The summed E-state index contributed by atoms with van der Waals surface area (Å²) >= 11 is 5.94. The molecule has 0 spiro atoms. The van der Waals surface area contributed by atoms with Gasteiger partial charge in [-0.05, 0) is 23.7 Å². The van der Waals surface area contributed by atoms with E-state index in [9.17, 15) is 0 Å². The first-order valence-corrected chi connectivity index (χ1v) is 6.44. The number of ether oxygens (including phenoxy) is 1. The molecule has 0 unspecified atom stereocenters. The Morgan fingerprint density at radius 1 is 1.19 bits per heavy atom. The predicted octanol–water partition coefficient (Wildman–Crippen LogP) is 2.46. The summed E-state index contributed by atoms with van der Waals surface area (Å²) in [7, 11) is 1.60. The van der Waals surface area contributed by atoms with Crippen molar-refractivity contribution in [3.05, 3.63) is 48.3 Å². The zero-order valence-electron chi connectivity index (χ0n) is 11.1. The molecule has 2 aromatic heterocycles. The minimum atomic E-state index is 0.0890. The first-order valence-electron chi connectivity index (χ1n) is 6.06. The van der Waals surface area contributed by atoms with Crippen LogP contribution in [-0.4, -0.2) is 31.6 Å². The number of anilines is 2. The quantitative estimate of drug-likeness (QED) is 0.797. The normalized spacial score (nSPS) is 10.4. The summed E-state index contributed by atoms with van der Waals surface area (Å²) in [6.45, 7) is 0. The number of nitrogens with zero attached hydrogens (tertiary/aromatic N) is 5. The second-order valence-corrected chi connectivity index (χ2v) is 4.36. The number of nitrogens with one attached hydrogen (secondary N) is 1. The van der Waals surface area contributed by atoms with Gasteiger partial charge >= 0.3 is 0 Å². The molecule has 0 aliphatic heterocycles. The van der Waals surface area contributed by atoms with Crippen LogP contribution in [0, 0.1) is 0 Å². The van der Waals surface area contributed by atoms with E-state index in [0.717, 1.165) is 5.69 Å². The minimum Gasteiger partial charge on any atom is -0.495 e. The SMILES string of the molecule is COc1ccccc1Nc1nc(Cl)nc(-n2ccnc2)n1. The number of rotatable bonds is 4. The number of aromatic nitrogens is 5. The largest absolute Gasteiger partial charge is 0.495 e. The fraction of sp³-hybridized carbons (Fsp3) is 0.0769. The van der Waals surface area contributed by atoms with E-state index in [1.54, 1.807) is 30.4 Å². The number of hydrogen-bond donors (Lipinski definition) is 1. The summed E-state index contributed by atoms with van der Waals surface area (Å²) in [6.07, 6.45) is 4.93. The lowest BCUT2D eigenvalue weighted by molar-refractivity contribution is 0.417.